The molecule has 15 heavy (non-hydrogen) atoms. The fourth-order valence-corrected chi connectivity index (χ4v) is 2.15. The van der Waals surface area contributed by atoms with Gasteiger partial charge in [-0.15, -0.1) is 11.8 Å². The number of amides is 1. The van der Waals surface area contributed by atoms with Crippen molar-refractivity contribution >= 4 is 33.6 Å². The summed E-state index contributed by atoms with van der Waals surface area (Å²) >= 11 is 4.95. The second-order valence-corrected chi connectivity index (χ2v) is 5.55. The maximum Gasteiger partial charge on any atom is 0.230 e. The van der Waals surface area contributed by atoms with Gasteiger partial charge in [0, 0.05) is 15.4 Å². The van der Waals surface area contributed by atoms with E-state index in [1.54, 1.807) is 11.8 Å². The number of hydrogen-bond acceptors (Lipinski definition) is 2. The van der Waals surface area contributed by atoms with Gasteiger partial charge in [0.25, 0.3) is 0 Å². The molecular weight excluding hydrogens is 274 g/mol. The van der Waals surface area contributed by atoms with Gasteiger partial charge >= 0.3 is 0 Å². The normalized spacial score (nSPS) is 15.0. The molecule has 0 spiro atoms. The lowest BCUT2D eigenvalue weighted by Gasteiger charge is -2.03. The average Bonchev–Trinajstić information content (AvgIpc) is 3.01. The van der Waals surface area contributed by atoms with Gasteiger partial charge in [-0.1, -0.05) is 15.9 Å². The van der Waals surface area contributed by atoms with Crippen LogP contribution in [0.15, 0.2) is 33.6 Å². The Labute approximate surface area is 102 Å². The molecule has 1 amide bonds. The van der Waals surface area contributed by atoms with Crippen molar-refractivity contribution in [3.05, 3.63) is 28.7 Å². The number of rotatable bonds is 4. The Kier molecular flexibility index (Phi) is 3.70. The fourth-order valence-electron chi connectivity index (χ4n) is 1.18. The third kappa shape index (κ3) is 3.87. The zero-order valence-electron chi connectivity index (χ0n) is 8.20. The van der Waals surface area contributed by atoms with Crippen LogP contribution >= 0.6 is 27.7 Å². The van der Waals surface area contributed by atoms with Crippen LogP contribution in [0.2, 0.25) is 0 Å². The van der Waals surface area contributed by atoms with Crippen molar-refractivity contribution < 1.29 is 4.79 Å². The molecule has 0 saturated heterocycles. The molecule has 80 valence electrons. The zero-order chi connectivity index (χ0) is 10.7. The van der Waals surface area contributed by atoms with Crippen LogP contribution in [0.25, 0.3) is 0 Å². The Morgan fingerprint density at radius 1 is 1.40 bits per heavy atom. The first-order chi connectivity index (χ1) is 7.24. The molecule has 1 fully saturated rings. The SMILES string of the molecule is O=C(CSc1ccc(Br)cc1)NC1CC1. The van der Waals surface area contributed by atoms with E-state index in [2.05, 4.69) is 21.2 Å². The van der Waals surface area contributed by atoms with Gasteiger partial charge in [0.05, 0.1) is 5.75 Å². The number of benzene rings is 1. The molecule has 4 heteroatoms. The molecule has 0 radical (unpaired) electrons. The van der Waals surface area contributed by atoms with E-state index < -0.39 is 0 Å². The first-order valence-electron chi connectivity index (χ1n) is 4.92. The third-order valence-corrected chi connectivity index (χ3v) is 3.67. The average molecular weight is 286 g/mol. The first kappa shape index (κ1) is 11.0. The van der Waals surface area contributed by atoms with Gasteiger partial charge in [0.2, 0.25) is 5.91 Å². The highest BCUT2D eigenvalue weighted by molar-refractivity contribution is 9.10. The largest absolute Gasteiger partial charge is 0.353 e. The van der Waals surface area contributed by atoms with E-state index in [9.17, 15) is 4.79 Å². The molecule has 0 bridgehead atoms. The maximum absolute atomic E-state index is 11.4. The van der Waals surface area contributed by atoms with Gasteiger partial charge in [-0.05, 0) is 37.1 Å². The van der Waals surface area contributed by atoms with Crippen molar-refractivity contribution in [1.29, 1.82) is 0 Å². The Balaban J connectivity index is 1.76. The van der Waals surface area contributed by atoms with E-state index in [0.717, 1.165) is 22.2 Å². The van der Waals surface area contributed by atoms with Crippen molar-refractivity contribution in [1.82, 2.24) is 5.32 Å². The Morgan fingerprint density at radius 2 is 2.07 bits per heavy atom. The molecule has 0 atom stereocenters. The molecule has 2 rings (SSSR count). The molecule has 0 aliphatic heterocycles. The van der Waals surface area contributed by atoms with E-state index >= 15 is 0 Å². The summed E-state index contributed by atoms with van der Waals surface area (Å²) in [6.45, 7) is 0. The van der Waals surface area contributed by atoms with Crippen LogP contribution < -0.4 is 5.32 Å². The Hall–Kier alpha value is -0.480. The summed E-state index contributed by atoms with van der Waals surface area (Å²) in [7, 11) is 0. The van der Waals surface area contributed by atoms with Crippen LogP contribution in [0.5, 0.6) is 0 Å². The number of thioether (sulfide) groups is 1. The van der Waals surface area contributed by atoms with Crippen molar-refractivity contribution in [2.24, 2.45) is 0 Å². The second kappa shape index (κ2) is 5.03. The van der Waals surface area contributed by atoms with Gasteiger partial charge < -0.3 is 5.32 Å². The molecule has 0 heterocycles. The number of halogens is 1. The molecular formula is C11H12BrNOS. The molecule has 1 aromatic carbocycles. The molecule has 1 saturated carbocycles. The van der Waals surface area contributed by atoms with Gasteiger partial charge in [-0.2, -0.15) is 0 Å². The topological polar surface area (TPSA) is 29.1 Å². The van der Waals surface area contributed by atoms with E-state index in [-0.39, 0.29) is 5.91 Å². The lowest BCUT2D eigenvalue weighted by atomic mass is 10.4. The summed E-state index contributed by atoms with van der Waals surface area (Å²) in [5.41, 5.74) is 0. The number of carbonyl (C=O) groups is 1. The first-order valence-corrected chi connectivity index (χ1v) is 6.69. The van der Waals surface area contributed by atoms with E-state index in [1.165, 1.54) is 0 Å². The van der Waals surface area contributed by atoms with Crippen LogP contribution in [0.1, 0.15) is 12.8 Å². The Bertz CT molecular complexity index is 348. The summed E-state index contributed by atoms with van der Waals surface area (Å²) in [5.74, 6) is 0.656. The standard InChI is InChI=1S/C11H12BrNOS/c12-8-1-5-10(6-2-8)15-7-11(14)13-9-3-4-9/h1-2,5-6,9H,3-4,7H2,(H,13,14). The minimum absolute atomic E-state index is 0.144. The fraction of sp³-hybridized carbons (Fsp3) is 0.364. The number of nitrogens with one attached hydrogen (secondary N) is 1. The molecule has 0 aromatic heterocycles. The quantitative estimate of drug-likeness (QED) is 0.862. The van der Waals surface area contributed by atoms with E-state index in [0.29, 0.717) is 11.8 Å². The second-order valence-electron chi connectivity index (χ2n) is 3.58. The van der Waals surface area contributed by atoms with Crippen molar-refractivity contribution in [2.45, 2.75) is 23.8 Å². The maximum atomic E-state index is 11.4. The summed E-state index contributed by atoms with van der Waals surface area (Å²) in [4.78, 5) is 12.5. The lowest BCUT2D eigenvalue weighted by Crippen LogP contribution is -2.26. The highest BCUT2D eigenvalue weighted by Crippen LogP contribution is 2.22. The predicted molar refractivity (Wildman–Crippen MR) is 66.0 cm³/mol. The molecule has 2 nitrogen and oxygen atoms in total. The van der Waals surface area contributed by atoms with E-state index in [4.69, 9.17) is 0 Å². The summed E-state index contributed by atoms with van der Waals surface area (Å²) in [5, 5.41) is 2.97. The van der Waals surface area contributed by atoms with Gasteiger partial charge in [-0.25, -0.2) is 0 Å². The summed E-state index contributed by atoms with van der Waals surface area (Å²) < 4.78 is 1.06. The minimum Gasteiger partial charge on any atom is -0.353 e. The Morgan fingerprint density at radius 3 is 2.67 bits per heavy atom. The smallest absolute Gasteiger partial charge is 0.230 e. The predicted octanol–water partition coefficient (Wildman–Crippen LogP) is 2.82. The monoisotopic (exact) mass is 285 g/mol. The number of hydrogen-bond donors (Lipinski definition) is 1. The van der Waals surface area contributed by atoms with Crippen LogP contribution in [0, 0.1) is 0 Å². The summed E-state index contributed by atoms with van der Waals surface area (Å²) in [6, 6.07) is 8.46. The highest BCUT2D eigenvalue weighted by atomic mass is 79.9. The molecule has 1 aliphatic carbocycles. The van der Waals surface area contributed by atoms with Crippen LogP contribution in [-0.2, 0) is 4.79 Å². The molecule has 0 unspecified atom stereocenters. The molecule has 1 aromatic rings. The van der Waals surface area contributed by atoms with Crippen molar-refractivity contribution in [2.75, 3.05) is 5.75 Å². The minimum atomic E-state index is 0.144. The number of carbonyl (C=O) groups excluding carboxylic acids is 1. The third-order valence-electron chi connectivity index (χ3n) is 2.13. The van der Waals surface area contributed by atoms with Gasteiger partial charge in [0.15, 0.2) is 0 Å². The van der Waals surface area contributed by atoms with Crippen LogP contribution in [0.4, 0.5) is 0 Å². The van der Waals surface area contributed by atoms with Gasteiger partial charge in [-0.3, -0.25) is 4.79 Å². The van der Waals surface area contributed by atoms with Crippen molar-refractivity contribution in [3.63, 3.8) is 0 Å². The van der Waals surface area contributed by atoms with Crippen LogP contribution in [-0.4, -0.2) is 17.7 Å². The molecule has 1 aliphatic rings. The highest BCUT2D eigenvalue weighted by Gasteiger charge is 2.22. The molecule has 1 N–H and O–H groups in total. The van der Waals surface area contributed by atoms with Gasteiger partial charge in [0.1, 0.15) is 0 Å². The van der Waals surface area contributed by atoms with E-state index in [1.807, 2.05) is 24.3 Å². The lowest BCUT2D eigenvalue weighted by molar-refractivity contribution is -0.118. The summed E-state index contributed by atoms with van der Waals surface area (Å²) in [6.07, 6.45) is 2.30. The van der Waals surface area contributed by atoms with Crippen molar-refractivity contribution in [3.8, 4) is 0 Å². The van der Waals surface area contributed by atoms with Crippen LogP contribution in [0.3, 0.4) is 0 Å². The zero-order valence-corrected chi connectivity index (χ0v) is 10.6.